The molecular formula is C13H14BrClN2OS. The third kappa shape index (κ3) is 2.78. The summed E-state index contributed by atoms with van der Waals surface area (Å²) >= 11 is 14.4. The Bertz CT molecular complexity index is 543. The maximum atomic E-state index is 12.4. The first-order valence-corrected chi connectivity index (χ1v) is 7.49. The fourth-order valence-corrected chi connectivity index (χ4v) is 3.14. The molecule has 19 heavy (non-hydrogen) atoms. The van der Waals surface area contributed by atoms with Gasteiger partial charge in [-0.05, 0) is 52.9 Å². The predicted molar refractivity (Wildman–Crippen MR) is 85.4 cm³/mol. The summed E-state index contributed by atoms with van der Waals surface area (Å²) in [4.78, 5) is 12.6. The standard InChI is InChI=1S/C13H14BrClN2OS/c1-7-5-13(6-7,11(16)19)12(18)17-8-2-3-9(14)10(15)4-8/h2-4,7H,5-6H2,1H3,(H2,16,19)(H,17,18). The number of nitrogens with one attached hydrogen (secondary N) is 1. The van der Waals surface area contributed by atoms with Crippen LogP contribution in [0.1, 0.15) is 19.8 Å². The lowest BCUT2D eigenvalue weighted by molar-refractivity contribution is -0.127. The number of carbonyl (C=O) groups excluding carboxylic acids is 1. The quantitative estimate of drug-likeness (QED) is 0.806. The number of benzene rings is 1. The van der Waals surface area contributed by atoms with E-state index in [0.717, 1.165) is 4.47 Å². The van der Waals surface area contributed by atoms with E-state index in [4.69, 9.17) is 29.6 Å². The molecule has 0 heterocycles. The zero-order valence-corrected chi connectivity index (χ0v) is 13.5. The van der Waals surface area contributed by atoms with Crippen molar-refractivity contribution in [1.29, 1.82) is 0 Å². The molecule has 2 rings (SSSR count). The minimum atomic E-state index is -0.700. The summed E-state index contributed by atoms with van der Waals surface area (Å²) in [7, 11) is 0. The Balaban J connectivity index is 2.16. The van der Waals surface area contributed by atoms with Crippen LogP contribution in [0.2, 0.25) is 5.02 Å². The number of anilines is 1. The Hall–Kier alpha value is -0.650. The van der Waals surface area contributed by atoms with Gasteiger partial charge in [0.1, 0.15) is 0 Å². The predicted octanol–water partition coefficient (Wildman–Crippen LogP) is 3.74. The zero-order chi connectivity index (χ0) is 14.2. The van der Waals surface area contributed by atoms with Crippen molar-refractivity contribution in [2.45, 2.75) is 19.8 Å². The number of thiocarbonyl (C=S) groups is 1. The van der Waals surface area contributed by atoms with Crippen molar-refractivity contribution in [3.8, 4) is 0 Å². The Morgan fingerprint density at radius 3 is 2.68 bits per heavy atom. The van der Waals surface area contributed by atoms with Gasteiger partial charge in [0.15, 0.2) is 0 Å². The molecule has 0 bridgehead atoms. The lowest BCUT2D eigenvalue weighted by atomic mass is 9.62. The molecule has 1 aromatic carbocycles. The highest BCUT2D eigenvalue weighted by Gasteiger charge is 2.50. The minimum absolute atomic E-state index is 0.142. The van der Waals surface area contributed by atoms with Gasteiger partial charge in [-0.2, -0.15) is 0 Å². The number of rotatable bonds is 3. The highest BCUT2D eigenvalue weighted by atomic mass is 79.9. The van der Waals surface area contributed by atoms with Crippen molar-refractivity contribution in [1.82, 2.24) is 0 Å². The van der Waals surface area contributed by atoms with Crippen LogP contribution in [0.15, 0.2) is 22.7 Å². The fraction of sp³-hybridized carbons (Fsp3) is 0.385. The fourth-order valence-electron chi connectivity index (χ4n) is 2.45. The van der Waals surface area contributed by atoms with Crippen LogP contribution in [0.4, 0.5) is 5.69 Å². The van der Waals surface area contributed by atoms with E-state index in [2.05, 4.69) is 28.2 Å². The molecule has 1 aromatic rings. The first-order valence-electron chi connectivity index (χ1n) is 5.91. The van der Waals surface area contributed by atoms with E-state index in [0.29, 0.717) is 29.5 Å². The molecule has 1 amide bonds. The average Bonchev–Trinajstić information content (AvgIpc) is 2.29. The maximum Gasteiger partial charge on any atom is 0.237 e. The van der Waals surface area contributed by atoms with Crippen molar-refractivity contribution in [3.63, 3.8) is 0 Å². The molecule has 1 fully saturated rings. The molecule has 102 valence electrons. The second-order valence-corrected chi connectivity index (χ2v) is 6.74. The SMILES string of the molecule is CC1CC(C(=O)Nc2ccc(Br)c(Cl)c2)(C(N)=S)C1. The molecule has 1 saturated carbocycles. The third-order valence-electron chi connectivity index (χ3n) is 3.48. The molecule has 3 nitrogen and oxygen atoms in total. The second-order valence-electron chi connectivity index (χ2n) is 5.04. The van der Waals surface area contributed by atoms with E-state index in [1.165, 1.54) is 0 Å². The highest BCUT2D eigenvalue weighted by molar-refractivity contribution is 9.10. The van der Waals surface area contributed by atoms with Gasteiger partial charge in [-0.15, -0.1) is 0 Å². The maximum absolute atomic E-state index is 12.4. The lowest BCUT2D eigenvalue weighted by Crippen LogP contribution is -2.53. The van der Waals surface area contributed by atoms with Crippen LogP contribution >= 0.6 is 39.7 Å². The molecule has 6 heteroatoms. The van der Waals surface area contributed by atoms with Crippen molar-refractivity contribution in [3.05, 3.63) is 27.7 Å². The average molecular weight is 362 g/mol. The van der Waals surface area contributed by atoms with Gasteiger partial charge < -0.3 is 11.1 Å². The van der Waals surface area contributed by atoms with E-state index in [1.807, 2.05) is 0 Å². The molecule has 1 aliphatic rings. The highest BCUT2D eigenvalue weighted by Crippen LogP contribution is 2.46. The van der Waals surface area contributed by atoms with E-state index >= 15 is 0 Å². The number of hydrogen-bond donors (Lipinski definition) is 2. The Labute approximate surface area is 131 Å². The van der Waals surface area contributed by atoms with E-state index in [-0.39, 0.29) is 10.9 Å². The van der Waals surface area contributed by atoms with E-state index in [9.17, 15) is 4.79 Å². The summed E-state index contributed by atoms with van der Waals surface area (Å²) < 4.78 is 0.786. The zero-order valence-electron chi connectivity index (χ0n) is 10.4. The summed E-state index contributed by atoms with van der Waals surface area (Å²) in [5.74, 6) is 0.331. The van der Waals surface area contributed by atoms with Crippen LogP contribution in [0, 0.1) is 11.3 Å². The first kappa shape index (κ1) is 14.8. The Morgan fingerprint density at radius 1 is 1.58 bits per heavy atom. The number of carbonyl (C=O) groups is 1. The normalized spacial score (nSPS) is 25.5. The third-order valence-corrected chi connectivity index (χ3v) is 5.10. The van der Waals surface area contributed by atoms with E-state index < -0.39 is 5.41 Å². The van der Waals surface area contributed by atoms with E-state index in [1.54, 1.807) is 18.2 Å². The molecule has 0 atom stereocenters. The van der Waals surface area contributed by atoms with Crippen LogP contribution in [-0.4, -0.2) is 10.9 Å². The second kappa shape index (κ2) is 5.38. The minimum Gasteiger partial charge on any atom is -0.392 e. The van der Waals surface area contributed by atoms with Gasteiger partial charge >= 0.3 is 0 Å². The number of hydrogen-bond acceptors (Lipinski definition) is 2. The smallest absolute Gasteiger partial charge is 0.237 e. The first-order chi connectivity index (χ1) is 8.85. The summed E-state index contributed by atoms with van der Waals surface area (Å²) in [6.07, 6.45) is 1.41. The van der Waals surface area contributed by atoms with Crippen molar-refractivity contribution in [2.75, 3.05) is 5.32 Å². The summed E-state index contributed by atoms with van der Waals surface area (Å²) in [5.41, 5.74) is 5.69. The van der Waals surface area contributed by atoms with Gasteiger partial charge in [0.2, 0.25) is 5.91 Å². The topological polar surface area (TPSA) is 55.1 Å². The van der Waals surface area contributed by atoms with Crippen molar-refractivity contribution in [2.24, 2.45) is 17.1 Å². The van der Waals surface area contributed by atoms with Crippen molar-refractivity contribution >= 4 is 56.3 Å². The van der Waals surface area contributed by atoms with Crippen molar-refractivity contribution < 1.29 is 4.79 Å². The summed E-state index contributed by atoms with van der Waals surface area (Å²) in [6.45, 7) is 2.08. The van der Waals surface area contributed by atoms with Crippen LogP contribution in [-0.2, 0) is 4.79 Å². The van der Waals surface area contributed by atoms with Gasteiger partial charge in [0, 0.05) is 10.2 Å². The molecule has 0 aliphatic heterocycles. The monoisotopic (exact) mass is 360 g/mol. The molecule has 0 saturated heterocycles. The lowest BCUT2D eigenvalue weighted by Gasteiger charge is -2.44. The summed E-state index contributed by atoms with van der Waals surface area (Å²) in [5, 5.41) is 3.39. The largest absolute Gasteiger partial charge is 0.392 e. The molecule has 0 spiro atoms. The molecule has 0 radical (unpaired) electrons. The van der Waals surface area contributed by atoms with Gasteiger partial charge in [-0.25, -0.2) is 0 Å². The van der Waals surface area contributed by atoms with Crippen LogP contribution < -0.4 is 11.1 Å². The molecule has 0 aromatic heterocycles. The number of halogens is 2. The van der Waals surface area contributed by atoms with Crippen LogP contribution in [0.5, 0.6) is 0 Å². The van der Waals surface area contributed by atoms with Gasteiger partial charge in [-0.3, -0.25) is 4.79 Å². The van der Waals surface area contributed by atoms with Gasteiger partial charge in [0.25, 0.3) is 0 Å². The van der Waals surface area contributed by atoms with Crippen LogP contribution in [0.3, 0.4) is 0 Å². The summed E-state index contributed by atoms with van der Waals surface area (Å²) in [6, 6.07) is 5.26. The number of nitrogens with two attached hydrogens (primary N) is 1. The Kier molecular flexibility index (Phi) is 4.18. The van der Waals surface area contributed by atoms with Crippen LogP contribution in [0.25, 0.3) is 0 Å². The van der Waals surface area contributed by atoms with Gasteiger partial charge in [0.05, 0.1) is 15.4 Å². The number of amides is 1. The molecule has 3 N–H and O–H groups in total. The Morgan fingerprint density at radius 2 is 2.21 bits per heavy atom. The van der Waals surface area contributed by atoms with Gasteiger partial charge in [-0.1, -0.05) is 30.7 Å². The molecule has 0 unspecified atom stereocenters. The molecular weight excluding hydrogens is 348 g/mol. The molecule has 1 aliphatic carbocycles.